The van der Waals surface area contributed by atoms with Gasteiger partial charge in [-0.2, -0.15) is 0 Å². The van der Waals surface area contributed by atoms with Gasteiger partial charge in [-0.25, -0.2) is 4.39 Å². The molecule has 0 fully saturated rings. The molecule has 39 heavy (non-hydrogen) atoms. The number of rotatable bonds is 10. The fraction of sp³-hybridized carbons (Fsp3) is 0.364. The molecule has 0 bridgehead atoms. The second kappa shape index (κ2) is 14.5. The first kappa shape index (κ1) is 29.9. The smallest absolute Gasteiger partial charge is 0.257 e. The topological polar surface area (TPSA) is 66.4 Å². The average Bonchev–Trinajstić information content (AvgIpc) is 2.90. The van der Waals surface area contributed by atoms with Crippen LogP contribution in [0.3, 0.4) is 0 Å². The Kier molecular flexibility index (Phi) is 11.1. The lowest BCUT2D eigenvalue weighted by atomic mass is 9.89. The van der Waals surface area contributed by atoms with Crippen LogP contribution < -0.4 is 10.6 Å². The summed E-state index contributed by atoms with van der Waals surface area (Å²) in [5.41, 5.74) is 5.73. The minimum absolute atomic E-state index is 0.0623. The van der Waals surface area contributed by atoms with Gasteiger partial charge in [-0.1, -0.05) is 49.8 Å². The minimum Gasteiger partial charge on any atom is -0.322 e. The molecule has 1 aliphatic rings. The molecule has 0 saturated carbocycles. The molecule has 0 radical (unpaired) electrons. The summed E-state index contributed by atoms with van der Waals surface area (Å²) in [5.74, 6) is -0.231. The van der Waals surface area contributed by atoms with Gasteiger partial charge in [0.25, 0.3) is 5.91 Å². The van der Waals surface area contributed by atoms with Crippen LogP contribution in [0, 0.1) is 18.7 Å². The van der Waals surface area contributed by atoms with E-state index in [0.29, 0.717) is 22.7 Å². The number of anilines is 1. The summed E-state index contributed by atoms with van der Waals surface area (Å²) in [5, 5.41) is 6.28. The first-order valence-corrected chi connectivity index (χ1v) is 13.8. The summed E-state index contributed by atoms with van der Waals surface area (Å²) >= 11 is 0. The molecule has 6 heteroatoms. The van der Waals surface area contributed by atoms with Crippen LogP contribution in [0.5, 0.6) is 0 Å². The molecule has 1 aromatic carbocycles. The van der Waals surface area contributed by atoms with E-state index in [9.17, 15) is 9.18 Å². The lowest BCUT2D eigenvalue weighted by molar-refractivity contribution is 0.102. The molecule has 2 aromatic rings. The van der Waals surface area contributed by atoms with Gasteiger partial charge in [0, 0.05) is 47.4 Å². The monoisotopic (exact) mass is 528 g/mol. The average molecular weight is 529 g/mol. The van der Waals surface area contributed by atoms with Gasteiger partial charge >= 0.3 is 0 Å². The van der Waals surface area contributed by atoms with Crippen LogP contribution in [0.4, 0.5) is 10.1 Å². The van der Waals surface area contributed by atoms with E-state index in [-0.39, 0.29) is 23.8 Å². The van der Waals surface area contributed by atoms with E-state index >= 15 is 0 Å². The lowest BCUT2D eigenvalue weighted by Gasteiger charge is -2.22. The van der Waals surface area contributed by atoms with E-state index in [1.807, 2.05) is 58.2 Å². The highest BCUT2D eigenvalue weighted by atomic mass is 19.1. The van der Waals surface area contributed by atoms with Crippen molar-refractivity contribution in [3.63, 3.8) is 0 Å². The van der Waals surface area contributed by atoms with Crippen LogP contribution in [0.2, 0.25) is 0 Å². The van der Waals surface area contributed by atoms with E-state index in [1.165, 1.54) is 11.6 Å². The van der Waals surface area contributed by atoms with E-state index in [1.54, 1.807) is 24.4 Å². The quantitative estimate of drug-likeness (QED) is 0.186. The van der Waals surface area contributed by atoms with Crippen LogP contribution in [-0.4, -0.2) is 23.1 Å². The number of aromatic nitrogens is 1. The van der Waals surface area contributed by atoms with Gasteiger partial charge in [0.1, 0.15) is 5.82 Å². The molecule has 206 valence electrons. The number of halogens is 1. The Morgan fingerprint density at radius 1 is 1.26 bits per heavy atom. The van der Waals surface area contributed by atoms with Gasteiger partial charge in [-0.05, 0) is 82.9 Å². The molecule has 2 unspecified atom stereocenters. The number of aliphatic imine (C=N–C) groups is 1. The van der Waals surface area contributed by atoms with Crippen LogP contribution in [0.15, 0.2) is 77.1 Å². The second-order valence-corrected chi connectivity index (χ2v) is 10.2. The number of aryl methyl sites for hydroxylation is 1. The zero-order chi connectivity index (χ0) is 28.4. The summed E-state index contributed by atoms with van der Waals surface area (Å²) in [7, 11) is 0. The molecule has 1 aliphatic carbocycles. The van der Waals surface area contributed by atoms with Gasteiger partial charge < -0.3 is 10.6 Å². The Morgan fingerprint density at radius 2 is 2.05 bits per heavy atom. The number of nitrogens with zero attached hydrogens (tertiary/aromatic N) is 2. The number of amides is 1. The number of carbonyl (C=O) groups excluding carboxylic acids is 1. The normalized spacial score (nSPS) is 18.7. The predicted molar refractivity (Wildman–Crippen MR) is 162 cm³/mol. The summed E-state index contributed by atoms with van der Waals surface area (Å²) in [6.07, 6.45) is 18.7. The van der Waals surface area contributed by atoms with Crippen molar-refractivity contribution in [1.82, 2.24) is 10.3 Å². The molecular weight excluding hydrogens is 487 g/mol. The van der Waals surface area contributed by atoms with Crippen molar-refractivity contribution >= 4 is 23.9 Å². The van der Waals surface area contributed by atoms with E-state index in [4.69, 9.17) is 4.99 Å². The Morgan fingerprint density at radius 3 is 2.74 bits per heavy atom. The maximum atomic E-state index is 14.8. The first-order chi connectivity index (χ1) is 18.7. The molecule has 1 heterocycles. The zero-order valence-corrected chi connectivity index (χ0v) is 24.0. The minimum atomic E-state index is -0.328. The number of hydrogen-bond acceptors (Lipinski definition) is 4. The lowest BCUT2D eigenvalue weighted by Crippen LogP contribution is -2.30. The van der Waals surface area contributed by atoms with Crippen molar-refractivity contribution in [1.29, 1.82) is 0 Å². The van der Waals surface area contributed by atoms with Crippen molar-refractivity contribution < 1.29 is 9.18 Å². The standard InChI is InChI=1S/C33H41FN4O/c1-7-9-10-12-31-23(4)18-27(21-36-31)33(39)38-28-14-15-30(34)29(19-28)25(6)37-24(5)20-35-32-16-13-26(11-8-2)17-22(32)3/h7,9-12,14-16,18-22,24-25,37H,8,13,17H2,1-6H3,(H,38,39)/b9-7?,12-10+,26-11-,35-20?/t22?,24?,25-/m0/s1. The van der Waals surface area contributed by atoms with Crippen molar-refractivity contribution in [2.75, 3.05) is 5.32 Å². The third kappa shape index (κ3) is 8.69. The van der Waals surface area contributed by atoms with Crippen molar-refractivity contribution in [3.05, 3.63) is 100 Å². The number of pyridine rings is 1. The summed E-state index contributed by atoms with van der Waals surface area (Å²) in [6, 6.07) is 6.09. The molecule has 3 rings (SSSR count). The Hall–Kier alpha value is -3.64. The first-order valence-electron chi connectivity index (χ1n) is 13.8. The van der Waals surface area contributed by atoms with Gasteiger partial charge in [-0.3, -0.25) is 14.8 Å². The molecule has 0 spiro atoms. The molecule has 0 aliphatic heterocycles. The molecule has 3 atom stereocenters. The van der Waals surface area contributed by atoms with E-state index < -0.39 is 0 Å². The molecular formula is C33H41FN4O. The van der Waals surface area contributed by atoms with Gasteiger partial charge in [0.05, 0.1) is 11.3 Å². The molecule has 2 N–H and O–H groups in total. The highest BCUT2D eigenvalue weighted by molar-refractivity contribution is 6.04. The van der Waals surface area contributed by atoms with Gasteiger partial charge in [0.15, 0.2) is 0 Å². The van der Waals surface area contributed by atoms with Gasteiger partial charge in [0.2, 0.25) is 0 Å². The molecule has 0 saturated heterocycles. The number of nitrogens with one attached hydrogen (secondary N) is 2. The summed E-state index contributed by atoms with van der Waals surface area (Å²) in [4.78, 5) is 22.0. The Balaban J connectivity index is 1.64. The fourth-order valence-corrected chi connectivity index (χ4v) is 4.68. The van der Waals surface area contributed by atoms with Crippen LogP contribution >= 0.6 is 0 Å². The van der Waals surface area contributed by atoms with E-state index in [2.05, 4.69) is 41.6 Å². The van der Waals surface area contributed by atoms with E-state index in [0.717, 1.165) is 36.2 Å². The number of carbonyl (C=O) groups is 1. The van der Waals surface area contributed by atoms with Crippen LogP contribution in [0.25, 0.3) is 6.08 Å². The third-order valence-electron chi connectivity index (χ3n) is 6.76. The number of hydrogen-bond donors (Lipinski definition) is 2. The maximum absolute atomic E-state index is 14.8. The largest absolute Gasteiger partial charge is 0.322 e. The summed E-state index contributed by atoms with van der Waals surface area (Å²) in [6.45, 7) is 12.1. The van der Waals surface area contributed by atoms with Crippen LogP contribution in [0.1, 0.15) is 87.1 Å². The highest BCUT2D eigenvalue weighted by Crippen LogP contribution is 2.29. The predicted octanol–water partition coefficient (Wildman–Crippen LogP) is 8.13. The second-order valence-electron chi connectivity index (χ2n) is 10.2. The SMILES string of the molecule is CC=C/C=C/c1ncc(C(=O)Nc2ccc(F)c([C@H](C)NC(C)C=NC3=CC/C(=C/CC)CC3C)c2)cc1C. The summed E-state index contributed by atoms with van der Waals surface area (Å²) < 4.78 is 14.8. The fourth-order valence-electron chi connectivity index (χ4n) is 4.68. The van der Waals surface area contributed by atoms with Gasteiger partial charge in [-0.15, -0.1) is 0 Å². The Bertz CT molecular complexity index is 1300. The third-order valence-corrected chi connectivity index (χ3v) is 6.76. The molecule has 1 amide bonds. The van der Waals surface area contributed by atoms with Crippen molar-refractivity contribution in [2.24, 2.45) is 10.9 Å². The highest BCUT2D eigenvalue weighted by Gasteiger charge is 2.17. The molecule has 1 aromatic heterocycles. The number of benzene rings is 1. The van der Waals surface area contributed by atoms with Crippen molar-refractivity contribution in [3.8, 4) is 0 Å². The van der Waals surface area contributed by atoms with Crippen molar-refractivity contribution in [2.45, 2.75) is 72.9 Å². The number of allylic oxidation sites excluding steroid dienone is 7. The molecule has 5 nitrogen and oxygen atoms in total. The maximum Gasteiger partial charge on any atom is 0.257 e. The van der Waals surface area contributed by atoms with Crippen LogP contribution in [-0.2, 0) is 0 Å². The zero-order valence-electron chi connectivity index (χ0n) is 24.0. The Labute approximate surface area is 232 Å².